The summed E-state index contributed by atoms with van der Waals surface area (Å²) in [5, 5.41) is 13.7. The summed E-state index contributed by atoms with van der Waals surface area (Å²) in [6, 6.07) is 15.2. The van der Waals surface area contributed by atoms with E-state index in [-0.39, 0.29) is 18.7 Å². The molecule has 0 saturated carbocycles. The van der Waals surface area contributed by atoms with Crippen LogP contribution in [0.25, 0.3) is 0 Å². The molecule has 2 N–H and O–H groups in total. The molecule has 0 aliphatic rings. The van der Waals surface area contributed by atoms with Crippen molar-refractivity contribution in [3.05, 3.63) is 59.7 Å². The van der Waals surface area contributed by atoms with Crippen molar-refractivity contribution in [1.82, 2.24) is 5.32 Å². The van der Waals surface area contributed by atoms with E-state index in [1.54, 1.807) is 42.5 Å². The van der Waals surface area contributed by atoms with Gasteiger partial charge >= 0.3 is 5.97 Å². The molecule has 0 bridgehead atoms. The lowest BCUT2D eigenvalue weighted by Gasteiger charge is -2.09. The van der Waals surface area contributed by atoms with Crippen molar-refractivity contribution in [1.29, 1.82) is 5.26 Å². The smallest absolute Gasteiger partial charge is 0.325 e. The predicted molar refractivity (Wildman–Crippen MR) is 101 cm³/mol. The van der Waals surface area contributed by atoms with Crippen LogP contribution in [0.5, 0.6) is 5.75 Å². The molecule has 0 radical (unpaired) electrons. The van der Waals surface area contributed by atoms with Gasteiger partial charge in [-0.05, 0) is 35.9 Å². The lowest BCUT2D eigenvalue weighted by Crippen LogP contribution is -2.30. The van der Waals surface area contributed by atoms with Gasteiger partial charge in [-0.1, -0.05) is 18.2 Å². The maximum atomic E-state index is 12.0. The first-order valence-electron chi connectivity index (χ1n) is 8.35. The van der Waals surface area contributed by atoms with Gasteiger partial charge in [0.05, 0.1) is 19.6 Å². The Morgan fingerprint density at radius 2 is 1.86 bits per heavy atom. The fourth-order valence-corrected chi connectivity index (χ4v) is 2.21. The van der Waals surface area contributed by atoms with E-state index in [1.165, 1.54) is 13.2 Å². The van der Waals surface area contributed by atoms with E-state index < -0.39 is 17.8 Å². The van der Waals surface area contributed by atoms with Gasteiger partial charge in [0.15, 0.2) is 6.61 Å². The van der Waals surface area contributed by atoms with E-state index in [4.69, 9.17) is 10.00 Å². The fraction of sp³-hybridized carbons (Fsp3) is 0.200. The second-order valence-electron chi connectivity index (χ2n) is 5.66. The van der Waals surface area contributed by atoms with Crippen LogP contribution in [0.3, 0.4) is 0 Å². The standard InChI is InChI=1S/C20H19N3O5/c1-27-19(25)12-22-20(26)15-3-2-4-16(11-15)23-18(24)13-28-17-7-5-14(6-8-17)9-10-21/h2-8,11H,9,12-13H2,1H3,(H,22,26)(H,23,24). The number of nitrogens with zero attached hydrogens (tertiary/aromatic N) is 1. The van der Waals surface area contributed by atoms with Crippen LogP contribution in [0.15, 0.2) is 48.5 Å². The van der Waals surface area contributed by atoms with Crippen molar-refractivity contribution in [3.63, 3.8) is 0 Å². The number of hydrogen-bond donors (Lipinski definition) is 2. The molecule has 8 nitrogen and oxygen atoms in total. The molecule has 8 heteroatoms. The van der Waals surface area contributed by atoms with Crippen molar-refractivity contribution in [3.8, 4) is 11.8 Å². The molecule has 0 atom stereocenters. The zero-order chi connectivity index (χ0) is 20.4. The minimum absolute atomic E-state index is 0.212. The Labute approximate surface area is 162 Å². The van der Waals surface area contributed by atoms with Gasteiger partial charge in [0, 0.05) is 11.3 Å². The number of benzene rings is 2. The van der Waals surface area contributed by atoms with Crippen molar-refractivity contribution in [2.45, 2.75) is 6.42 Å². The molecule has 0 fully saturated rings. The van der Waals surface area contributed by atoms with Crippen LogP contribution in [0, 0.1) is 11.3 Å². The van der Waals surface area contributed by atoms with Gasteiger partial charge in [-0.3, -0.25) is 14.4 Å². The topological polar surface area (TPSA) is 118 Å². The third-order valence-corrected chi connectivity index (χ3v) is 3.61. The summed E-state index contributed by atoms with van der Waals surface area (Å²) >= 11 is 0. The molecule has 2 amide bonds. The molecular weight excluding hydrogens is 362 g/mol. The highest BCUT2D eigenvalue weighted by molar-refractivity contribution is 5.98. The molecule has 0 spiro atoms. The summed E-state index contributed by atoms with van der Waals surface area (Å²) in [6.07, 6.45) is 0.310. The Bertz CT molecular complexity index is 887. The number of rotatable bonds is 8. The Balaban J connectivity index is 1.87. The van der Waals surface area contributed by atoms with Gasteiger partial charge in [0.2, 0.25) is 0 Å². The number of hydrogen-bond acceptors (Lipinski definition) is 6. The fourth-order valence-electron chi connectivity index (χ4n) is 2.21. The number of methoxy groups -OCH3 is 1. The highest BCUT2D eigenvalue weighted by Gasteiger charge is 2.10. The Hall–Kier alpha value is -3.86. The van der Waals surface area contributed by atoms with E-state index >= 15 is 0 Å². The second-order valence-corrected chi connectivity index (χ2v) is 5.66. The summed E-state index contributed by atoms with van der Waals surface area (Å²) in [4.78, 5) is 35.1. The lowest BCUT2D eigenvalue weighted by atomic mass is 10.2. The number of nitrogens with one attached hydrogen (secondary N) is 2. The number of esters is 1. The molecule has 0 heterocycles. The van der Waals surface area contributed by atoms with Crippen LogP contribution in [0.1, 0.15) is 15.9 Å². The van der Waals surface area contributed by atoms with Gasteiger partial charge < -0.3 is 20.1 Å². The van der Waals surface area contributed by atoms with Crippen LogP contribution < -0.4 is 15.4 Å². The minimum Gasteiger partial charge on any atom is -0.484 e. The Kier molecular flexibility index (Phi) is 7.54. The first kappa shape index (κ1) is 20.5. The van der Waals surface area contributed by atoms with Crippen molar-refractivity contribution >= 4 is 23.5 Å². The number of anilines is 1. The average molecular weight is 381 g/mol. The molecule has 0 aliphatic carbocycles. The first-order chi connectivity index (χ1) is 13.5. The molecule has 2 aromatic carbocycles. The zero-order valence-corrected chi connectivity index (χ0v) is 15.2. The van der Waals surface area contributed by atoms with Crippen LogP contribution in [0.2, 0.25) is 0 Å². The quantitative estimate of drug-likeness (QED) is 0.672. The summed E-state index contributed by atoms with van der Waals surface area (Å²) in [7, 11) is 1.23. The maximum Gasteiger partial charge on any atom is 0.325 e. The van der Waals surface area contributed by atoms with Gasteiger partial charge in [-0.15, -0.1) is 0 Å². The summed E-state index contributed by atoms with van der Waals surface area (Å²) in [6.45, 7) is -0.455. The maximum absolute atomic E-state index is 12.0. The molecule has 0 aliphatic heterocycles. The normalized spacial score (nSPS) is 9.71. The van der Waals surface area contributed by atoms with Gasteiger partial charge in [-0.2, -0.15) is 5.26 Å². The molecule has 0 unspecified atom stereocenters. The second kappa shape index (κ2) is 10.3. The van der Waals surface area contributed by atoms with Gasteiger partial charge in [-0.25, -0.2) is 0 Å². The average Bonchev–Trinajstić information content (AvgIpc) is 2.71. The molecule has 0 aromatic heterocycles. The molecule has 144 valence electrons. The SMILES string of the molecule is COC(=O)CNC(=O)c1cccc(NC(=O)COc2ccc(CC#N)cc2)c1. The third kappa shape index (κ3) is 6.46. The summed E-state index contributed by atoms with van der Waals surface area (Å²) in [5.74, 6) is -0.910. The largest absolute Gasteiger partial charge is 0.484 e. The Morgan fingerprint density at radius 1 is 1.11 bits per heavy atom. The molecular formula is C20H19N3O5. The number of amides is 2. The Morgan fingerprint density at radius 3 is 2.54 bits per heavy atom. The van der Waals surface area contributed by atoms with E-state index in [1.807, 2.05) is 0 Å². The van der Waals surface area contributed by atoms with Crippen LogP contribution in [0.4, 0.5) is 5.69 Å². The van der Waals surface area contributed by atoms with Crippen LogP contribution in [-0.2, 0) is 20.7 Å². The number of carbonyl (C=O) groups is 3. The van der Waals surface area contributed by atoms with Gasteiger partial charge in [0.1, 0.15) is 12.3 Å². The first-order valence-corrected chi connectivity index (χ1v) is 8.35. The summed E-state index contributed by atoms with van der Waals surface area (Å²) < 4.78 is 9.86. The summed E-state index contributed by atoms with van der Waals surface area (Å²) in [5.41, 5.74) is 1.57. The molecule has 2 rings (SSSR count). The highest BCUT2D eigenvalue weighted by atomic mass is 16.5. The third-order valence-electron chi connectivity index (χ3n) is 3.61. The van der Waals surface area contributed by atoms with E-state index in [0.717, 1.165) is 5.56 Å². The van der Waals surface area contributed by atoms with E-state index in [2.05, 4.69) is 21.4 Å². The molecule has 28 heavy (non-hydrogen) atoms. The molecule has 0 saturated heterocycles. The zero-order valence-electron chi connectivity index (χ0n) is 15.2. The van der Waals surface area contributed by atoms with Crippen molar-refractivity contribution in [2.75, 3.05) is 25.6 Å². The van der Waals surface area contributed by atoms with Gasteiger partial charge in [0.25, 0.3) is 11.8 Å². The van der Waals surface area contributed by atoms with Crippen LogP contribution in [-0.4, -0.2) is 38.0 Å². The minimum atomic E-state index is -0.560. The predicted octanol–water partition coefficient (Wildman–Crippen LogP) is 1.67. The lowest BCUT2D eigenvalue weighted by molar-refractivity contribution is -0.139. The number of ether oxygens (including phenoxy) is 2. The number of carbonyl (C=O) groups excluding carboxylic acids is 3. The monoisotopic (exact) mass is 381 g/mol. The van der Waals surface area contributed by atoms with Crippen LogP contribution >= 0.6 is 0 Å². The van der Waals surface area contributed by atoms with E-state index in [0.29, 0.717) is 17.9 Å². The van der Waals surface area contributed by atoms with E-state index in [9.17, 15) is 14.4 Å². The number of nitriles is 1. The van der Waals surface area contributed by atoms with Crippen molar-refractivity contribution < 1.29 is 23.9 Å². The van der Waals surface area contributed by atoms with Crippen molar-refractivity contribution in [2.24, 2.45) is 0 Å². The molecule has 2 aromatic rings. The highest BCUT2D eigenvalue weighted by Crippen LogP contribution is 2.13.